The van der Waals surface area contributed by atoms with E-state index in [1.165, 1.54) is 13.2 Å². The molecule has 5 rings (SSSR count). The average Bonchev–Trinajstić information content (AvgIpc) is 3.88. The van der Waals surface area contributed by atoms with Gasteiger partial charge in [0, 0.05) is 42.6 Å². The molecule has 2 atom stereocenters. The Bertz CT molecular complexity index is 1960. The van der Waals surface area contributed by atoms with E-state index >= 15 is 4.39 Å². The molecule has 13 heteroatoms. The van der Waals surface area contributed by atoms with E-state index in [1.54, 1.807) is 37.2 Å². The van der Waals surface area contributed by atoms with Crippen LogP contribution in [0.4, 0.5) is 9.18 Å². The van der Waals surface area contributed by atoms with E-state index < -0.39 is 18.0 Å². The number of hydrogen-bond acceptors (Lipinski definition) is 7. The van der Waals surface area contributed by atoms with Gasteiger partial charge < -0.3 is 35.6 Å². The molecule has 5 N–H and O–H groups in total. The molecule has 0 radical (unpaired) electrons. The molecule has 2 unspecified atom stereocenters. The summed E-state index contributed by atoms with van der Waals surface area (Å²) in [5, 5.41) is 8.28. The van der Waals surface area contributed by atoms with Gasteiger partial charge in [0.2, 0.25) is 11.8 Å². The van der Waals surface area contributed by atoms with Crippen molar-refractivity contribution in [2.75, 3.05) is 33.8 Å². The summed E-state index contributed by atoms with van der Waals surface area (Å²) in [5.41, 5.74) is 3.82. The lowest BCUT2D eigenvalue weighted by Crippen LogP contribution is -2.48. The molecule has 3 heterocycles. The van der Waals surface area contributed by atoms with E-state index in [2.05, 4.69) is 59.6 Å². The molecule has 1 aliphatic rings. The van der Waals surface area contributed by atoms with Gasteiger partial charge in [0.05, 0.1) is 42.6 Å². The summed E-state index contributed by atoms with van der Waals surface area (Å²) in [6, 6.07) is 9.30. The van der Waals surface area contributed by atoms with Gasteiger partial charge in [0.1, 0.15) is 23.5 Å². The second-order valence-corrected chi connectivity index (χ2v) is 11.9. The first-order valence-corrected chi connectivity index (χ1v) is 16.6. The van der Waals surface area contributed by atoms with Gasteiger partial charge >= 0.3 is 6.09 Å². The lowest BCUT2D eigenvalue weighted by atomic mass is 10.1. The molecule has 2 aromatic heterocycles. The molecule has 50 heavy (non-hydrogen) atoms. The van der Waals surface area contributed by atoms with Crippen LogP contribution in [0.1, 0.15) is 67.8 Å². The Morgan fingerprint density at radius 2 is 1.92 bits per heavy atom. The summed E-state index contributed by atoms with van der Waals surface area (Å²) in [5.74, 6) is 12.4. The number of unbranched alkanes of at least 4 members (excludes halogenated alkanes) is 1. The van der Waals surface area contributed by atoms with Gasteiger partial charge in [0.25, 0.3) is 0 Å². The van der Waals surface area contributed by atoms with Gasteiger partial charge in [-0.25, -0.2) is 19.2 Å². The van der Waals surface area contributed by atoms with Crippen molar-refractivity contribution in [3.8, 4) is 34.9 Å². The number of aromatic nitrogens is 4. The minimum absolute atomic E-state index is 0.0150. The number of carbonyl (C=O) groups excluding carboxylic acids is 3. The standard InChI is InChI=1S/C37H41FN8O4/c1-4-5-9-29(45-37(49)50-3)36(48)46-19-8-10-32(46)35-41-22-31(44-35)26-16-14-24(20-27(26)38)12-13-25-15-17-28-30(21-25)43-33(42-28)11-6-7-18-40-34(47)23-39-2/h14-17,20-22,29,32,39H,6-11,18-19,23H2,1-3H3,(H,40,47)(H,41,44)(H,42,43)(H,45,49). The normalized spacial score (nSPS) is 14.3. The topological polar surface area (TPSA) is 157 Å². The van der Waals surface area contributed by atoms with E-state index in [0.717, 1.165) is 48.1 Å². The average molecular weight is 681 g/mol. The predicted molar refractivity (Wildman–Crippen MR) is 187 cm³/mol. The maximum absolute atomic E-state index is 15.4. The van der Waals surface area contributed by atoms with Crippen LogP contribution in [-0.4, -0.2) is 82.6 Å². The number of likely N-dealkylation sites (N-methyl/N-ethyl adjacent to an activating group) is 1. The highest BCUT2D eigenvalue weighted by Crippen LogP contribution is 2.33. The highest BCUT2D eigenvalue weighted by atomic mass is 19.1. The van der Waals surface area contributed by atoms with Crippen LogP contribution in [0.3, 0.4) is 0 Å². The van der Waals surface area contributed by atoms with Crippen LogP contribution in [0, 0.1) is 29.5 Å². The first-order chi connectivity index (χ1) is 24.3. The van der Waals surface area contributed by atoms with E-state index in [0.29, 0.717) is 48.7 Å². The number of aryl methyl sites for hydroxylation is 1. The summed E-state index contributed by atoms with van der Waals surface area (Å²) < 4.78 is 20.1. The van der Waals surface area contributed by atoms with E-state index in [-0.39, 0.29) is 24.3 Å². The lowest BCUT2D eigenvalue weighted by Gasteiger charge is -2.27. The van der Waals surface area contributed by atoms with Gasteiger partial charge in [-0.1, -0.05) is 11.8 Å². The number of nitrogens with one attached hydrogen (secondary N) is 5. The third kappa shape index (κ3) is 9.07. The van der Waals surface area contributed by atoms with Crippen LogP contribution in [0.15, 0.2) is 42.6 Å². The quantitative estimate of drug-likeness (QED) is 0.112. The van der Waals surface area contributed by atoms with Crippen molar-refractivity contribution in [1.29, 1.82) is 0 Å². The number of hydrogen-bond donors (Lipinski definition) is 5. The lowest BCUT2D eigenvalue weighted by molar-refractivity contribution is -0.134. The fraction of sp³-hybridized carbons (Fsp3) is 0.378. The summed E-state index contributed by atoms with van der Waals surface area (Å²) >= 11 is 0. The molecule has 4 aromatic rings. The maximum atomic E-state index is 15.4. The molecule has 260 valence electrons. The van der Waals surface area contributed by atoms with Crippen LogP contribution in [-0.2, 0) is 20.7 Å². The van der Waals surface area contributed by atoms with Crippen molar-refractivity contribution in [1.82, 2.24) is 40.8 Å². The Balaban J connectivity index is 1.22. The maximum Gasteiger partial charge on any atom is 0.407 e. The van der Waals surface area contributed by atoms with Gasteiger partial charge in [-0.3, -0.25) is 9.59 Å². The van der Waals surface area contributed by atoms with E-state index in [4.69, 9.17) is 4.74 Å². The van der Waals surface area contributed by atoms with Crippen LogP contribution in [0.25, 0.3) is 22.3 Å². The minimum atomic E-state index is -0.860. The number of halogens is 1. The fourth-order valence-electron chi connectivity index (χ4n) is 5.85. The molecule has 2 aromatic carbocycles. The highest BCUT2D eigenvalue weighted by Gasteiger charge is 2.36. The molecule has 12 nitrogen and oxygen atoms in total. The van der Waals surface area contributed by atoms with Gasteiger partial charge in [-0.15, -0.1) is 11.8 Å². The molecule has 1 saturated heterocycles. The first kappa shape index (κ1) is 35.6. The van der Waals surface area contributed by atoms with E-state index in [1.807, 2.05) is 18.2 Å². The number of alkyl carbamates (subject to hydrolysis) is 1. The molecule has 0 bridgehead atoms. The Morgan fingerprint density at radius 1 is 1.12 bits per heavy atom. The second-order valence-electron chi connectivity index (χ2n) is 11.9. The Hall–Kier alpha value is -5.66. The van der Waals surface area contributed by atoms with Crippen LogP contribution in [0.5, 0.6) is 0 Å². The number of nitrogens with zero attached hydrogens (tertiary/aromatic N) is 3. The predicted octanol–water partition coefficient (Wildman–Crippen LogP) is 3.95. The third-order valence-electron chi connectivity index (χ3n) is 8.35. The molecular formula is C37H41FN8O4. The zero-order valence-electron chi connectivity index (χ0n) is 28.4. The summed E-state index contributed by atoms with van der Waals surface area (Å²) in [6.07, 6.45) is 4.94. The van der Waals surface area contributed by atoms with Crippen molar-refractivity contribution in [3.63, 3.8) is 0 Å². The Morgan fingerprint density at radius 3 is 2.68 bits per heavy atom. The molecule has 3 amide bonds. The number of likely N-dealkylation sites (tertiary alicyclic amines) is 1. The van der Waals surface area contributed by atoms with Crippen molar-refractivity contribution in [2.45, 2.75) is 57.5 Å². The molecule has 1 fully saturated rings. The van der Waals surface area contributed by atoms with Gasteiger partial charge in [-0.2, -0.15) is 0 Å². The molecule has 0 spiro atoms. The van der Waals surface area contributed by atoms with Crippen LogP contribution >= 0.6 is 0 Å². The second kappa shape index (κ2) is 17.1. The zero-order chi connectivity index (χ0) is 35.5. The number of ether oxygens (including phenoxy) is 1. The van der Waals surface area contributed by atoms with E-state index in [9.17, 15) is 14.4 Å². The number of methoxy groups -OCH3 is 1. The van der Waals surface area contributed by atoms with Crippen molar-refractivity contribution < 1.29 is 23.5 Å². The van der Waals surface area contributed by atoms with Crippen LogP contribution in [0.2, 0.25) is 0 Å². The number of carbonyl (C=O) groups is 3. The first-order valence-electron chi connectivity index (χ1n) is 16.6. The number of benzene rings is 2. The number of amides is 3. The third-order valence-corrected chi connectivity index (χ3v) is 8.35. The SMILES string of the molecule is CC#CCC(NC(=O)OC)C(=O)N1CCCC1c1ncc(-c2ccc(C#Cc3ccc4nc(CCCCNC(=O)CNC)[nH]c4c3)cc2F)[nH]1. The van der Waals surface area contributed by atoms with Crippen molar-refractivity contribution >= 4 is 28.9 Å². The largest absolute Gasteiger partial charge is 0.453 e. The summed E-state index contributed by atoms with van der Waals surface area (Å²) in [6.45, 7) is 3.10. The smallest absolute Gasteiger partial charge is 0.407 e. The number of H-pyrrole nitrogens is 2. The van der Waals surface area contributed by atoms with Gasteiger partial charge in [-0.05, 0) is 76.1 Å². The Labute approximate surface area is 290 Å². The molecule has 0 aliphatic carbocycles. The number of aromatic amines is 2. The molecule has 0 saturated carbocycles. The summed E-state index contributed by atoms with van der Waals surface area (Å²) in [7, 11) is 2.98. The highest BCUT2D eigenvalue weighted by molar-refractivity contribution is 5.86. The fourth-order valence-corrected chi connectivity index (χ4v) is 5.85. The number of imidazole rings is 2. The minimum Gasteiger partial charge on any atom is -0.453 e. The molecular weight excluding hydrogens is 639 g/mol. The number of fused-ring (bicyclic) bond motifs is 1. The van der Waals surface area contributed by atoms with Crippen molar-refractivity contribution in [2.24, 2.45) is 0 Å². The monoisotopic (exact) mass is 680 g/mol. The van der Waals surface area contributed by atoms with Crippen molar-refractivity contribution in [3.05, 3.63) is 71.2 Å². The van der Waals surface area contributed by atoms with Crippen LogP contribution < -0.4 is 16.0 Å². The zero-order valence-corrected chi connectivity index (χ0v) is 28.4. The summed E-state index contributed by atoms with van der Waals surface area (Å²) in [4.78, 5) is 54.2. The molecule has 1 aliphatic heterocycles. The Kier molecular flexibility index (Phi) is 12.2. The van der Waals surface area contributed by atoms with Gasteiger partial charge in [0.15, 0.2) is 0 Å². The number of rotatable bonds is 12.